The number of carbonyl (C=O) groups excluding carboxylic acids is 1. The van der Waals surface area contributed by atoms with Gasteiger partial charge in [0.05, 0.1) is 6.54 Å². The normalized spacial score (nSPS) is 11.5. The fraction of sp³-hybridized carbons (Fsp3) is 0.0714. The minimum atomic E-state index is -0.552. The van der Waals surface area contributed by atoms with Crippen molar-refractivity contribution in [3.63, 3.8) is 0 Å². The number of carbonyl (C=O) groups is 1. The number of H-pyrrole nitrogens is 1. The predicted octanol–water partition coefficient (Wildman–Crippen LogP) is 1.23. The minimum Gasteiger partial charge on any atom is -0.505 e. The molecule has 8 nitrogen and oxygen atoms in total. The molecule has 0 unspecified atom stereocenters. The van der Waals surface area contributed by atoms with Crippen molar-refractivity contribution in [3.05, 3.63) is 65.8 Å². The Bertz CT molecular complexity index is 792. The molecule has 0 radical (unpaired) electrons. The van der Waals surface area contributed by atoms with Crippen LogP contribution in [-0.2, 0) is 6.54 Å². The highest BCUT2D eigenvalue weighted by atomic mass is 16.3. The summed E-state index contributed by atoms with van der Waals surface area (Å²) < 4.78 is 1.67. The van der Waals surface area contributed by atoms with E-state index in [2.05, 4.69) is 25.7 Å². The summed E-state index contributed by atoms with van der Waals surface area (Å²) >= 11 is 0. The zero-order valence-electron chi connectivity index (χ0n) is 11.4. The van der Waals surface area contributed by atoms with Gasteiger partial charge in [0.2, 0.25) is 11.6 Å². The maximum absolute atomic E-state index is 11.7. The molecular weight excluding hydrogens is 284 g/mol. The van der Waals surface area contributed by atoms with Crippen LogP contribution in [0.1, 0.15) is 21.9 Å². The highest BCUT2D eigenvalue weighted by molar-refractivity contribution is 6.04. The Balaban J connectivity index is 1.74. The number of nitrogens with zero attached hydrogens (tertiary/aromatic N) is 5. The molecule has 0 saturated heterocycles. The molecule has 3 rings (SSSR count). The van der Waals surface area contributed by atoms with E-state index in [0.29, 0.717) is 12.2 Å². The van der Waals surface area contributed by atoms with E-state index in [9.17, 15) is 9.90 Å². The Labute approximate surface area is 125 Å². The second-order valence-corrected chi connectivity index (χ2v) is 4.51. The van der Waals surface area contributed by atoms with Crippen molar-refractivity contribution in [3.8, 4) is 0 Å². The lowest BCUT2D eigenvalue weighted by Crippen LogP contribution is -2.02. The van der Waals surface area contributed by atoms with Crippen LogP contribution >= 0.6 is 0 Å². The molecule has 1 aromatic carbocycles. The molecule has 0 bridgehead atoms. The van der Waals surface area contributed by atoms with Crippen LogP contribution in [0, 0.1) is 0 Å². The number of aliphatic hydroxyl groups is 1. The standard InChI is InChI=1S/C14H12N6O2/c21-12(8-13(22)14-15-18-19-16-14)11-6-7-20(17-11)9-10-4-2-1-3-5-10/h1-8,21H,9H2,(H,15,16,18,19). The summed E-state index contributed by atoms with van der Waals surface area (Å²) in [6.45, 7) is 0.576. The van der Waals surface area contributed by atoms with Crippen LogP contribution in [0.15, 0.2) is 48.7 Å². The molecule has 2 aromatic heterocycles. The zero-order chi connectivity index (χ0) is 15.4. The number of ketones is 1. The van der Waals surface area contributed by atoms with E-state index in [1.54, 1.807) is 16.9 Å². The molecule has 0 aliphatic heterocycles. The summed E-state index contributed by atoms with van der Waals surface area (Å²) in [7, 11) is 0. The number of aliphatic hydroxyl groups excluding tert-OH is 1. The average Bonchev–Trinajstić information content (AvgIpc) is 3.19. The highest BCUT2D eigenvalue weighted by Crippen LogP contribution is 2.10. The fourth-order valence-corrected chi connectivity index (χ4v) is 1.89. The van der Waals surface area contributed by atoms with Crippen molar-refractivity contribution in [2.24, 2.45) is 0 Å². The smallest absolute Gasteiger partial charge is 0.244 e. The predicted molar refractivity (Wildman–Crippen MR) is 76.9 cm³/mol. The first-order valence-electron chi connectivity index (χ1n) is 6.48. The molecule has 0 amide bonds. The Morgan fingerprint density at radius 1 is 1.27 bits per heavy atom. The first kappa shape index (κ1) is 13.7. The summed E-state index contributed by atoms with van der Waals surface area (Å²) in [5.74, 6) is -0.916. The summed E-state index contributed by atoms with van der Waals surface area (Å²) in [5.41, 5.74) is 1.39. The maximum Gasteiger partial charge on any atom is 0.244 e. The van der Waals surface area contributed by atoms with Gasteiger partial charge < -0.3 is 5.11 Å². The van der Waals surface area contributed by atoms with E-state index in [1.165, 1.54) is 0 Å². The third kappa shape index (κ3) is 3.06. The number of aromatic amines is 1. The van der Waals surface area contributed by atoms with Crippen molar-refractivity contribution in [2.75, 3.05) is 0 Å². The van der Waals surface area contributed by atoms with E-state index in [4.69, 9.17) is 0 Å². The van der Waals surface area contributed by atoms with E-state index in [0.717, 1.165) is 11.6 Å². The third-order valence-electron chi connectivity index (χ3n) is 2.92. The summed E-state index contributed by atoms with van der Waals surface area (Å²) in [5, 5.41) is 26.7. The van der Waals surface area contributed by atoms with Crippen molar-refractivity contribution in [2.45, 2.75) is 6.54 Å². The molecule has 0 atom stereocenters. The SMILES string of the molecule is O=C(C=C(O)c1ccn(Cc2ccccc2)n1)c1nn[nH]n1. The van der Waals surface area contributed by atoms with Crippen LogP contribution in [-0.4, -0.2) is 41.3 Å². The van der Waals surface area contributed by atoms with E-state index < -0.39 is 5.78 Å². The highest BCUT2D eigenvalue weighted by Gasteiger charge is 2.12. The van der Waals surface area contributed by atoms with Crippen molar-refractivity contribution in [1.29, 1.82) is 0 Å². The zero-order valence-corrected chi connectivity index (χ0v) is 11.4. The second kappa shape index (κ2) is 6.00. The number of nitrogens with one attached hydrogen (secondary N) is 1. The lowest BCUT2D eigenvalue weighted by Gasteiger charge is -2.01. The molecule has 0 aliphatic rings. The second-order valence-electron chi connectivity index (χ2n) is 4.51. The summed E-state index contributed by atoms with van der Waals surface area (Å²) in [6.07, 6.45) is 2.74. The van der Waals surface area contributed by atoms with Crippen LogP contribution in [0.25, 0.3) is 5.76 Å². The number of hydrogen-bond donors (Lipinski definition) is 2. The third-order valence-corrected chi connectivity index (χ3v) is 2.92. The lowest BCUT2D eigenvalue weighted by molar-refractivity contribution is 0.103. The number of allylic oxidation sites excluding steroid dienone is 1. The topological polar surface area (TPSA) is 110 Å². The molecule has 0 fully saturated rings. The van der Waals surface area contributed by atoms with E-state index in [1.807, 2.05) is 30.3 Å². The van der Waals surface area contributed by atoms with Crippen molar-refractivity contribution >= 4 is 11.5 Å². The number of rotatable bonds is 5. The molecule has 3 aromatic rings. The molecule has 0 saturated carbocycles. The van der Waals surface area contributed by atoms with Crippen LogP contribution < -0.4 is 0 Å². The molecule has 8 heteroatoms. The van der Waals surface area contributed by atoms with Gasteiger partial charge in [0.15, 0.2) is 0 Å². The first-order chi connectivity index (χ1) is 10.7. The molecule has 2 N–H and O–H groups in total. The average molecular weight is 296 g/mol. The quantitative estimate of drug-likeness (QED) is 0.416. The van der Waals surface area contributed by atoms with Crippen molar-refractivity contribution < 1.29 is 9.90 Å². The number of hydrogen-bond acceptors (Lipinski definition) is 6. The van der Waals surface area contributed by atoms with Crippen LogP contribution in [0.2, 0.25) is 0 Å². The van der Waals surface area contributed by atoms with Gasteiger partial charge in [-0.15, -0.1) is 10.2 Å². The number of aromatic nitrogens is 6. The first-order valence-corrected chi connectivity index (χ1v) is 6.48. The summed E-state index contributed by atoms with van der Waals surface area (Å²) in [6, 6.07) is 11.4. The maximum atomic E-state index is 11.7. The van der Waals surface area contributed by atoms with E-state index >= 15 is 0 Å². The fourth-order valence-electron chi connectivity index (χ4n) is 1.89. The van der Waals surface area contributed by atoms with Gasteiger partial charge in [0.25, 0.3) is 0 Å². The molecule has 110 valence electrons. The molecule has 22 heavy (non-hydrogen) atoms. The van der Waals surface area contributed by atoms with E-state index in [-0.39, 0.29) is 11.6 Å². The van der Waals surface area contributed by atoms with Crippen LogP contribution in [0.3, 0.4) is 0 Å². The van der Waals surface area contributed by atoms with Gasteiger partial charge in [0.1, 0.15) is 11.5 Å². The van der Waals surface area contributed by atoms with Crippen molar-refractivity contribution in [1.82, 2.24) is 30.4 Å². The lowest BCUT2D eigenvalue weighted by atomic mass is 10.2. The van der Waals surface area contributed by atoms with Gasteiger partial charge in [-0.1, -0.05) is 30.3 Å². The van der Waals surface area contributed by atoms with Gasteiger partial charge in [-0.2, -0.15) is 10.3 Å². The Morgan fingerprint density at radius 2 is 2.09 bits per heavy atom. The molecule has 0 spiro atoms. The summed E-state index contributed by atoms with van der Waals surface area (Å²) in [4.78, 5) is 11.7. The molecule has 2 heterocycles. The van der Waals surface area contributed by atoms with Crippen LogP contribution in [0.4, 0.5) is 0 Å². The Hall–Kier alpha value is -3.29. The van der Waals surface area contributed by atoms with Gasteiger partial charge in [-0.3, -0.25) is 9.48 Å². The monoisotopic (exact) mass is 296 g/mol. The minimum absolute atomic E-state index is 0.115. The molecule has 0 aliphatic carbocycles. The van der Waals surface area contributed by atoms with Gasteiger partial charge in [-0.25, -0.2) is 0 Å². The van der Waals surface area contributed by atoms with Gasteiger partial charge in [0, 0.05) is 12.3 Å². The number of benzene rings is 1. The van der Waals surface area contributed by atoms with Gasteiger partial charge >= 0.3 is 0 Å². The number of tetrazole rings is 1. The van der Waals surface area contributed by atoms with Gasteiger partial charge in [-0.05, 0) is 16.8 Å². The Kier molecular flexibility index (Phi) is 3.73. The van der Waals surface area contributed by atoms with Crippen LogP contribution in [0.5, 0.6) is 0 Å². The largest absolute Gasteiger partial charge is 0.505 e. The Morgan fingerprint density at radius 3 is 2.82 bits per heavy atom. The molecular formula is C14H12N6O2.